The quantitative estimate of drug-likeness (QED) is 0.397. The number of carbonyl (C=O) groups excluding carboxylic acids is 3. The average Bonchev–Trinajstić information content (AvgIpc) is 3.29. The molecule has 0 aromatic rings. The van der Waals surface area contributed by atoms with Gasteiger partial charge in [0.25, 0.3) is 0 Å². The molecule has 2 heterocycles. The fourth-order valence-corrected chi connectivity index (χ4v) is 3.32. The Labute approximate surface area is 147 Å². The summed E-state index contributed by atoms with van der Waals surface area (Å²) in [6, 6.07) is 0. The molecule has 8 heteroatoms. The van der Waals surface area contributed by atoms with Crippen molar-refractivity contribution in [2.24, 2.45) is 11.8 Å². The summed E-state index contributed by atoms with van der Waals surface area (Å²) in [5, 5.41) is 0. The molecule has 0 N–H and O–H groups in total. The van der Waals surface area contributed by atoms with Gasteiger partial charge in [0.1, 0.15) is 18.3 Å². The molecule has 0 aromatic heterocycles. The van der Waals surface area contributed by atoms with E-state index in [1.165, 1.54) is 21.0 Å². The van der Waals surface area contributed by atoms with E-state index in [1.54, 1.807) is 0 Å². The van der Waals surface area contributed by atoms with Gasteiger partial charge in [-0.05, 0) is 12.3 Å². The van der Waals surface area contributed by atoms with E-state index in [-0.39, 0.29) is 11.8 Å². The molecule has 0 aromatic carbocycles. The monoisotopic (exact) mass is 358 g/mol. The third-order valence-electron chi connectivity index (χ3n) is 4.87. The van der Waals surface area contributed by atoms with Crippen LogP contribution in [0.25, 0.3) is 0 Å². The third kappa shape index (κ3) is 3.64. The smallest absolute Gasteiger partial charge is 0.369 e. The van der Waals surface area contributed by atoms with Crippen molar-refractivity contribution >= 4 is 17.9 Å². The SMILES string of the molecule is CC[C@@H](C)[C@@H](OC(C)=O)C1O[C@@]2(C(=O)OC)O[C@H]2[C@H](OC(C)=O)[C@H]1C. The Morgan fingerprint density at radius 2 is 1.80 bits per heavy atom. The highest BCUT2D eigenvalue weighted by Gasteiger charge is 2.75. The molecule has 0 saturated carbocycles. The van der Waals surface area contributed by atoms with Gasteiger partial charge in [0.05, 0.1) is 7.11 Å². The second kappa shape index (κ2) is 7.29. The molecule has 0 radical (unpaired) electrons. The molecule has 0 bridgehead atoms. The first-order valence-corrected chi connectivity index (χ1v) is 8.46. The molecule has 1 unspecified atom stereocenters. The second-order valence-electron chi connectivity index (χ2n) is 6.67. The van der Waals surface area contributed by atoms with Crippen LogP contribution in [0.1, 0.15) is 41.0 Å². The number of rotatable bonds is 6. The molecule has 2 rings (SSSR count). The lowest BCUT2D eigenvalue weighted by Gasteiger charge is -2.40. The molecule has 2 aliphatic heterocycles. The number of carbonyl (C=O) groups is 3. The lowest BCUT2D eigenvalue weighted by Crippen LogP contribution is -2.57. The minimum atomic E-state index is -1.61. The first kappa shape index (κ1) is 19.7. The van der Waals surface area contributed by atoms with Gasteiger partial charge in [-0.3, -0.25) is 9.59 Å². The molecule has 2 saturated heterocycles. The molecule has 0 spiro atoms. The van der Waals surface area contributed by atoms with Gasteiger partial charge in [0, 0.05) is 19.8 Å². The van der Waals surface area contributed by atoms with E-state index in [9.17, 15) is 14.4 Å². The van der Waals surface area contributed by atoms with Gasteiger partial charge in [-0.2, -0.15) is 0 Å². The summed E-state index contributed by atoms with van der Waals surface area (Å²) < 4.78 is 27.1. The normalized spacial score (nSPS) is 35.8. The van der Waals surface area contributed by atoms with E-state index in [4.69, 9.17) is 23.7 Å². The largest absolute Gasteiger partial charge is 0.465 e. The Morgan fingerprint density at radius 1 is 1.16 bits per heavy atom. The van der Waals surface area contributed by atoms with Crippen LogP contribution in [0, 0.1) is 11.8 Å². The summed E-state index contributed by atoms with van der Waals surface area (Å²) >= 11 is 0. The average molecular weight is 358 g/mol. The standard InChI is InChI=1S/C17H26O8/c1-7-8(2)12(22-10(4)18)13-9(3)14(23-11(5)19)15-17(24-13,25-15)16(20)21-6/h8-9,12-15H,7H2,1-6H3/t8-,9+,12-,13?,14-,15+,17-/m1/s1. The summed E-state index contributed by atoms with van der Waals surface area (Å²) in [6.07, 6.45) is -1.98. The van der Waals surface area contributed by atoms with Crippen LogP contribution in [0.5, 0.6) is 0 Å². The van der Waals surface area contributed by atoms with Gasteiger partial charge in [-0.25, -0.2) is 4.79 Å². The minimum Gasteiger partial charge on any atom is -0.465 e. The van der Waals surface area contributed by atoms with Gasteiger partial charge in [-0.15, -0.1) is 0 Å². The van der Waals surface area contributed by atoms with Crippen molar-refractivity contribution in [1.82, 2.24) is 0 Å². The van der Waals surface area contributed by atoms with E-state index in [2.05, 4.69) is 0 Å². The molecule has 8 nitrogen and oxygen atoms in total. The molecule has 0 amide bonds. The third-order valence-corrected chi connectivity index (χ3v) is 4.87. The van der Waals surface area contributed by atoms with Gasteiger partial charge in [0.2, 0.25) is 0 Å². The number of hydrogen-bond donors (Lipinski definition) is 0. The van der Waals surface area contributed by atoms with Gasteiger partial charge in [-0.1, -0.05) is 20.8 Å². The zero-order valence-electron chi connectivity index (χ0n) is 15.4. The molecule has 25 heavy (non-hydrogen) atoms. The molecule has 7 atom stereocenters. The molecule has 0 aliphatic carbocycles. The number of fused-ring (bicyclic) bond motifs is 1. The molecular weight excluding hydrogens is 332 g/mol. The number of hydrogen-bond acceptors (Lipinski definition) is 8. The summed E-state index contributed by atoms with van der Waals surface area (Å²) in [5.41, 5.74) is 0. The topological polar surface area (TPSA) is 101 Å². The van der Waals surface area contributed by atoms with Crippen LogP contribution >= 0.6 is 0 Å². The van der Waals surface area contributed by atoms with Crippen LogP contribution in [0.15, 0.2) is 0 Å². The highest BCUT2D eigenvalue weighted by molar-refractivity contribution is 5.82. The zero-order chi connectivity index (χ0) is 18.9. The first-order valence-electron chi connectivity index (χ1n) is 8.46. The van der Waals surface area contributed by atoms with Crippen molar-refractivity contribution in [3.63, 3.8) is 0 Å². The van der Waals surface area contributed by atoms with E-state index >= 15 is 0 Å². The van der Waals surface area contributed by atoms with E-state index in [0.29, 0.717) is 0 Å². The molecule has 2 fully saturated rings. The number of esters is 3. The number of epoxide rings is 1. The first-order chi connectivity index (χ1) is 11.7. The van der Waals surface area contributed by atoms with Crippen molar-refractivity contribution in [1.29, 1.82) is 0 Å². The van der Waals surface area contributed by atoms with E-state index < -0.39 is 48.1 Å². The Kier molecular flexibility index (Phi) is 5.73. The number of ether oxygens (including phenoxy) is 5. The molecule has 2 aliphatic rings. The van der Waals surface area contributed by atoms with Crippen LogP contribution in [0.2, 0.25) is 0 Å². The van der Waals surface area contributed by atoms with Gasteiger partial charge < -0.3 is 23.7 Å². The van der Waals surface area contributed by atoms with Gasteiger partial charge in [0.15, 0.2) is 6.10 Å². The molecule has 142 valence electrons. The van der Waals surface area contributed by atoms with Crippen molar-refractivity contribution in [3.05, 3.63) is 0 Å². The second-order valence-corrected chi connectivity index (χ2v) is 6.67. The number of methoxy groups -OCH3 is 1. The Bertz CT molecular complexity index is 547. The Morgan fingerprint density at radius 3 is 2.28 bits per heavy atom. The predicted molar refractivity (Wildman–Crippen MR) is 84.2 cm³/mol. The van der Waals surface area contributed by atoms with E-state index in [1.807, 2.05) is 20.8 Å². The zero-order valence-corrected chi connectivity index (χ0v) is 15.4. The highest BCUT2D eigenvalue weighted by atomic mass is 16.8. The maximum atomic E-state index is 12.2. The van der Waals surface area contributed by atoms with Crippen LogP contribution in [-0.4, -0.2) is 55.2 Å². The fraction of sp³-hybridized carbons (Fsp3) is 0.824. The summed E-state index contributed by atoms with van der Waals surface area (Å²) in [7, 11) is 1.23. The van der Waals surface area contributed by atoms with Crippen LogP contribution in [-0.2, 0) is 38.1 Å². The summed E-state index contributed by atoms with van der Waals surface area (Å²) in [6.45, 7) is 8.32. The van der Waals surface area contributed by atoms with Crippen LogP contribution < -0.4 is 0 Å². The lowest BCUT2D eigenvalue weighted by atomic mass is 9.82. The van der Waals surface area contributed by atoms with Crippen LogP contribution in [0.3, 0.4) is 0 Å². The van der Waals surface area contributed by atoms with Crippen LogP contribution in [0.4, 0.5) is 0 Å². The van der Waals surface area contributed by atoms with Crippen molar-refractivity contribution in [2.75, 3.05) is 7.11 Å². The Balaban J connectivity index is 2.35. The highest BCUT2D eigenvalue weighted by Crippen LogP contribution is 2.51. The van der Waals surface area contributed by atoms with Gasteiger partial charge >= 0.3 is 23.7 Å². The lowest BCUT2D eigenvalue weighted by molar-refractivity contribution is -0.217. The van der Waals surface area contributed by atoms with Crippen molar-refractivity contribution in [3.8, 4) is 0 Å². The maximum absolute atomic E-state index is 12.2. The fourth-order valence-electron chi connectivity index (χ4n) is 3.32. The Hall–Kier alpha value is -1.67. The summed E-state index contributed by atoms with van der Waals surface area (Å²) in [5.74, 6) is -3.61. The van der Waals surface area contributed by atoms with E-state index in [0.717, 1.165) is 6.42 Å². The molecular formula is C17H26O8. The maximum Gasteiger partial charge on any atom is 0.369 e. The minimum absolute atomic E-state index is 0.0284. The predicted octanol–water partition coefficient (Wildman–Crippen LogP) is 1.20. The summed E-state index contributed by atoms with van der Waals surface area (Å²) in [4.78, 5) is 35.2. The van der Waals surface area contributed by atoms with Crippen molar-refractivity contribution < 1.29 is 38.1 Å². The van der Waals surface area contributed by atoms with Crippen molar-refractivity contribution in [2.45, 2.75) is 71.2 Å².